The van der Waals surface area contributed by atoms with E-state index in [9.17, 15) is 9.59 Å². The molecule has 98 valence electrons. The number of primary amides is 1. The second kappa shape index (κ2) is 7.45. The average Bonchev–Trinajstić information content (AvgIpc) is 2.35. The molecular formula is C13H18N2O3. The Morgan fingerprint density at radius 1 is 1.33 bits per heavy atom. The van der Waals surface area contributed by atoms with Gasteiger partial charge in [-0.3, -0.25) is 9.59 Å². The topological polar surface area (TPSA) is 81.4 Å². The van der Waals surface area contributed by atoms with Gasteiger partial charge in [-0.15, -0.1) is 0 Å². The van der Waals surface area contributed by atoms with Gasteiger partial charge in [0, 0.05) is 7.11 Å². The number of hydrogen-bond donors (Lipinski definition) is 2. The Balaban J connectivity index is 2.48. The fourth-order valence-corrected chi connectivity index (χ4v) is 1.61. The average molecular weight is 250 g/mol. The molecule has 5 nitrogen and oxygen atoms in total. The van der Waals surface area contributed by atoms with E-state index in [4.69, 9.17) is 5.73 Å². The Morgan fingerprint density at radius 3 is 2.56 bits per heavy atom. The van der Waals surface area contributed by atoms with Gasteiger partial charge in [-0.25, -0.2) is 0 Å². The van der Waals surface area contributed by atoms with E-state index in [0.29, 0.717) is 12.8 Å². The second-order valence-corrected chi connectivity index (χ2v) is 3.98. The first kappa shape index (κ1) is 14.2. The summed E-state index contributed by atoms with van der Waals surface area (Å²) in [6.45, 7) is -0.0743. The molecule has 0 aliphatic heterocycles. The van der Waals surface area contributed by atoms with Crippen molar-refractivity contribution in [3.05, 3.63) is 35.9 Å². The first-order chi connectivity index (χ1) is 8.63. The van der Waals surface area contributed by atoms with Crippen LogP contribution in [0.1, 0.15) is 12.0 Å². The van der Waals surface area contributed by atoms with Crippen molar-refractivity contribution in [2.24, 2.45) is 5.73 Å². The van der Waals surface area contributed by atoms with Gasteiger partial charge in [0.05, 0.1) is 0 Å². The molecule has 0 heterocycles. The van der Waals surface area contributed by atoms with Crippen molar-refractivity contribution in [3.63, 3.8) is 0 Å². The summed E-state index contributed by atoms with van der Waals surface area (Å²) >= 11 is 0. The molecule has 1 rings (SSSR count). The molecule has 0 aliphatic carbocycles. The molecule has 0 aromatic heterocycles. The molecule has 0 unspecified atom stereocenters. The van der Waals surface area contributed by atoms with Crippen molar-refractivity contribution in [1.29, 1.82) is 0 Å². The molecule has 18 heavy (non-hydrogen) atoms. The number of methoxy groups -OCH3 is 1. The standard InChI is InChI=1S/C13H18N2O3/c1-18-9-12(16)15-11(13(14)17)8-7-10-5-3-2-4-6-10/h2-6,11H,7-9H2,1H3,(H2,14,17)(H,15,16)/t11-/m0/s1. The molecule has 3 N–H and O–H groups in total. The van der Waals surface area contributed by atoms with E-state index in [0.717, 1.165) is 5.56 Å². The van der Waals surface area contributed by atoms with Crippen molar-refractivity contribution >= 4 is 11.8 Å². The van der Waals surface area contributed by atoms with E-state index in [2.05, 4.69) is 10.1 Å². The maximum atomic E-state index is 11.3. The van der Waals surface area contributed by atoms with Gasteiger partial charge in [-0.05, 0) is 18.4 Å². The first-order valence-electron chi connectivity index (χ1n) is 5.75. The first-order valence-corrected chi connectivity index (χ1v) is 5.75. The zero-order valence-corrected chi connectivity index (χ0v) is 10.4. The summed E-state index contributed by atoms with van der Waals surface area (Å²) in [6, 6.07) is 9.06. The van der Waals surface area contributed by atoms with Gasteiger partial charge in [0.25, 0.3) is 0 Å². The highest BCUT2D eigenvalue weighted by molar-refractivity contribution is 5.86. The molecule has 0 bridgehead atoms. The van der Waals surface area contributed by atoms with Crippen molar-refractivity contribution in [2.75, 3.05) is 13.7 Å². The molecule has 0 saturated carbocycles. The minimum Gasteiger partial charge on any atom is -0.375 e. The van der Waals surface area contributed by atoms with E-state index >= 15 is 0 Å². The van der Waals surface area contributed by atoms with E-state index in [1.54, 1.807) is 0 Å². The van der Waals surface area contributed by atoms with Crippen LogP contribution in [-0.2, 0) is 20.7 Å². The number of aryl methyl sites for hydroxylation is 1. The third-order valence-electron chi connectivity index (χ3n) is 2.52. The Morgan fingerprint density at radius 2 is 2.00 bits per heavy atom. The minimum absolute atomic E-state index is 0.0743. The Kier molecular flexibility index (Phi) is 5.87. The predicted molar refractivity (Wildman–Crippen MR) is 67.8 cm³/mol. The summed E-state index contributed by atoms with van der Waals surface area (Å²) in [7, 11) is 1.42. The number of hydrogen-bond acceptors (Lipinski definition) is 3. The zero-order chi connectivity index (χ0) is 13.4. The number of carbonyl (C=O) groups excluding carboxylic acids is 2. The molecule has 0 aliphatic rings. The van der Waals surface area contributed by atoms with Crippen LogP contribution in [0.4, 0.5) is 0 Å². The van der Waals surface area contributed by atoms with E-state index in [1.807, 2.05) is 30.3 Å². The van der Waals surface area contributed by atoms with E-state index in [1.165, 1.54) is 7.11 Å². The fraction of sp³-hybridized carbons (Fsp3) is 0.385. The molecule has 1 aromatic rings. The third kappa shape index (κ3) is 4.97. The largest absolute Gasteiger partial charge is 0.375 e. The maximum Gasteiger partial charge on any atom is 0.246 e. The fourth-order valence-electron chi connectivity index (χ4n) is 1.61. The lowest BCUT2D eigenvalue weighted by molar-refractivity contribution is -0.129. The summed E-state index contributed by atoms with van der Waals surface area (Å²) in [5.74, 6) is -0.871. The van der Waals surface area contributed by atoms with Gasteiger partial charge in [0.2, 0.25) is 11.8 Å². The van der Waals surface area contributed by atoms with Crippen LogP contribution >= 0.6 is 0 Å². The van der Waals surface area contributed by atoms with E-state index in [-0.39, 0.29) is 12.5 Å². The summed E-state index contributed by atoms with van der Waals surface area (Å²) in [4.78, 5) is 22.6. The third-order valence-corrected chi connectivity index (χ3v) is 2.52. The molecule has 1 atom stereocenters. The summed E-state index contributed by atoms with van der Waals surface area (Å²) in [5.41, 5.74) is 6.35. The predicted octanol–water partition coefficient (Wildman–Crippen LogP) is 0.236. The number of nitrogens with one attached hydrogen (secondary N) is 1. The van der Waals surface area contributed by atoms with Crippen LogP contribution in [0.5, 0.6) is 0 Å². The van der Waals surface area contributed by atoms with Crippen molar-refractivity contribution in [3.8, 4) is 0 Å². The number of ether oxygens (including phenoxy) is 1. The van der Waals surface area contributed by atoms with Crippen LogP contribution < -0.4 is 11.1 Å². The number of amides is 2. The molecule has 5 heteroatoms. The number of nitrogens with two attached hydrogens (primary N) is 1. The highest BCUT2D eigenvalue weighted by Gasteiger charge is 2.17. The van der Waals surface area contributed by atoms with Crippen LogP contribution in [0.2, 0.25) is 0 Å². The Labute approximate surface area is 106 Å². The van der Waals surface area contributed by atoms with Crippen LogP contribution in [-0.4, -0.2) is 31.6 Å². The lowest BCUT2D eigenvalue weighted by atomic mass is 10.0. The summed E-state index contributed by atoms with van der Waals surface area (Å²) < 4.78 is 4.68. The molecule has 0 saturated heterocycles. The Hall–Kier alpha value is -1.88. The lowest BCUT2D eigenvalue weighted by Crippen LogP contribution is -2.45. The highest BCUT2D eigenvalue weighted by atomic mass is 16.5. The van der Waals surface area contributed by atoms with Crippen molar-refractivity contribution < 1.29 is 14.3 Å². The smallest absolute Gasteiger partial charge is 0.246 e. The molecular weight excluding hydrogens is 232 g/mol. The van der Waals surface area contributed by atoms with Gasteiger partial charge in [-0.2, -0.15) is 0 Å². The number of carbonyl (C=O) groups is 2. The minimum atomic E-state index is -0.659. The van der Waals surface area contributed by atoms with Gasteiger partial charge in [-0.1, -0.05) is 30.3 Å². The van der Waals surface area contributed by atoms with Crippen LogP contribution in [0.15, 0.2) is 30.3 Å². The SMILES string of the molecule is COCC(=O)N[C@@H](CCc1ccccc1)C(N)=O. The van der Waals surface area contributed by atoms with Gasteiger partial charge >= 0.3 is 0 Å². The zero-order valence-electron chi connectivity index (χ0n) is 10.4. The van der Waals surface area contributed by atoms with Gasteiger partial charge in [0.15, 0.2) is 0 Å². The highest BCUT2D eigenvalue weighted by Crippen LogP contribution is 2.05. The normalized spacial score (nSPS) is 11.8. The van der Waals surface area contributed by atoms with Crippen molar-refractivity contribution in [2.45, 2.75) is 18.9 Å². The van der Waals surface area contributed by atoms with Gasteiger partial charge in [0.1, 0.15) is 12.6 Å². The van der Waals surface area contributed by atoms with Crippen LogP contribution in [0.3, 0.4) is 0 Å². The van der Waals surface area contributed by atoms with Crippen molar-refractivity contribution in [1.82, 2.24) is 5.32 Å². The summed E-state index contributed by atoms with van der Waals surface area (Å²) in [6.07, 6.45) is 1.16. The maximum absolute atomic E-state index is 11.3. The van der Waals surface area contributed by atoms with Gasteiger partial charge < -0.3 is 15.8 Å². The quantitative estimate of drug-likeness (QED) is 0.727. The van der Waals surface area contributed by atoms with Crippen LogP contribution in [0, 0.1) is 0 Å². The second-order valence-electron chi connectivity index (χ2n) is 3.98. The molecule has 0 radical (unpaired) electrons. The monoisotopic (exact) mass is 250 g/mol. The molecule has 0 spiro atoms. The Bertz CT molecular complexity index is 392. The van der Waals surface area contributed by atoms with Crippen LogP contribution in [0.25, 0.3) is 0 Å². The molecule has 2 amide bonds. The molecule has 0 fully saturated rings. The number of benzene rings is 1. The lowest BCUT2D eigenvalue weighted by Gasteiger charge is -2.15. The van der Waals surface area contributed by atoms with E-state index < -0.39 is 11.9 Å². The molecule has 1 aromatic carbocycles. The number of rotatable bonds is 7. The summed E-state index contributed by atoms with van der Waals surface area (Å²) in [5, 5.41) is 2.55.